The van der Waals surface area contributed by atoms with Gasteiger partial charge in [-0.15, -0.1) is 0 Å². The van der Waals surface area contributed by atoms with Crippen LogP contribution in [0.2, 0.25) is 0 Å². The average Bonchev–Trinajstić information content (AvgIpc) is 2.98. The topological polar surface area (TPSA) is 23.6 Å². The Balaban J connectivity index is 1.74. The van der Waals surface area contributed by atoms with Crippen molar-refractivity contribution in [1.82, 2.24) is 9.80 Å². The van der Waals surface area contributed by atoms with Gasteiger partial charge in [0.15, 0.2) is 0 Å². The monoisotopic (exact) mass is 252 g/mol. The summed E-state index contributed by atoms with van der Waals surface area (Å²) in [5.74, 6) is 0.856. The summed E-state index contributed by atoms with van der Waals surface area (Å²) in [6.45, 7) is 6.35. The minimum atomic E-state index is 0.373. The van der Waals surface area contributed by atoms with Crippen molar-refractivity contribution in [3.8, 4) is 0 Å². The minimum Gasteiger partial charge on any atom is -0.299 e. The van der Waals surface area contributed by atoms with Crippen molar-refractivity contribution >= 4 is 5.78 Å². The largest absolute Gasteiger partial charge is 0.299 e. The van der Waals surface area contributed by atoms with Crippen LogP contribution in [-0.2, 0) is 4.79 Å². The molecule has 0 aromatic heterocycles. The summed E-state index contributed by atoms with van der Waals surface area (Å²) >= 11 is 0. The van der Waals surface area contributed by atoms with Crippen LogP contribution in [-0.4, -0.2) is 54.9 Å². The first-order valence-corrected chi connectivity index (χ1v) is 7.66. The van der Waals surface area contributed by atoms with Crippen molar-refractivity contribution in [2.24, 2.45) is 5.92 Å². The van der Waals surface area contributed by atoms with Crippen molar-refractivity contribution in [2.45, 2.75) is 51.5 Å². The van der Waals surface area contributed by atoms with Crippen LogP contribution in [0.5, 0.6) is 0 Å². The van der Waals surface area contributed by atoms with Gasteiger partial charge in [0, 0.05) is 18.5 Å². The summed E-state index contributed by atoms with van der Waals surface area (Å²) in [6.07, 6.45) is 7.41. The molecule has 0 N–H and O–H groups in total. The molecule has 2 rings (SSSR count). The molecule has 18 heavy (non-hydrogen) atoms. The number of Topliss-reactive ketones (excluding diaryl/α,β-unsaturated/α-hetero) is 1. The van der Waals surface area contributed by atoms with Gasteiger partial charge in [-0.3, -0.25) is 14.6 Å². The molecule has 1 aliphatic heterocycles. The van der Waals surface area contributed by atoms with E-state index >= 15 is 0 Å². The number of hydrogen-bond acceptors (Lipinski definition) is 3. The quantitative estimate of drug-likeness (QED) is 0.724. The molecule has 1 saturated carbocycles. The zero-order chi connectivity index (χ0) is 13.0. The van der Waals surface area contributed by atoms with E-state index in [1.54, 1.807) is 0 Å². The van der Waals surface area contributed by atoms with Crippen molar-refractivity contribution < 1.29 is 4.79 Å². The van der Waals surface area contributed by atoms with Crippen LogP contribution in [0.25, 0.3) is 0 Å². The van der Waals surface area contributed by atoms with E-state index in [1.165, 1.54) is 32.2 Å². The molecule has 3 nitrogen and oxygen atoms in total. The van der Waals surface area contributed by atoms with E-state index in [1.807, 2.05) is 0 Å². The smallest absolute Gasteiger partial charge is 0.149 e. The van der Waals surface area contributed by atoms with Crippen LogP contribution in [0, 0.1) is 5.92 Å². The molecule has 1 unspecified atom stereocenters. The van der Waals surface area contributed by atoms with Crippen LogP contribution in [0.1, 0.15) is 45.4 Å². The molecular formula is C15H28N2O. The van der Waals surface area contributed by atoms with Crippen LogP contribution < -0.4 is 0 Å². The lowest BCUT2D eigenvalue weighted by molar-refractivity contribution is -0.123. The van der Waals surface area contributed by atoms with Crippen molar-refractivity contribution in [3.05, 3.63) is 0 Å². The van der Waals surface area contributed by atoms with Gasteiger partial charge in [0.25, 0.3) is 0 Å². The SMILES string of the molecule is CCN1CCCC1CN(C)CC(=O)C1CCCC1. The maximum atomic E-state index is 12.1. The second kappa shape index (κ2) is 6.67. The minimum absolute atomic E-state index is 0.373. The van der Waals surface area contributed by atoms with Crippen LogP contribution >= 0.6 is 0 Å². The fraction of sp³-hybridized carbons (Fsp3) is 0.933. The van der Waals surface area contributed by atoms with Crippen LogP contribution in [0.4, 0.5) is 0 Å². The highest BCUT2D eigenvalue weighted by molar-refractivity contribution is 5.83. The fourth-order valence-electron chi connectivity index (χ4n) is 3.59. The van der Waals surface area contributed by atoms with E-state index < -0.39 is 0 Å². The highest BCUT2D eigenvalue weighted by Gasteiger charge is 2.27. The highest BCUT2D eigenvalue weighted by Crippen LogP contribution is 2.25. The first-order valence-electron chi connectivity index (χ1n) is 7.66. The Bertz CT molecular complexity index is 274. The zero-order valence-electron chi connectivity index (χ0n) is 12.0. The van der Waals surface area contributed by atoms with Gasteiger partial charge in [-0.05, 0) is 45.8 Å². The molecule has 0 aromatic carbocycles. The standard InChI is InChI=1S/C15H28N2O/c1-3-17-10-6-9-14(17)11-16(2)12-15(18)13-7-4-5-8-13/h13-14H,3-12H2,1-2H3. The summed E-state index contributed by atoms with van der Waals surface area (Å²) in [5, 5.41) is 0. The van der Waals surface area contributed by atoms with Crippen LogP contribution in [0.3, 0.4) is 0 Å². The Hall–Kier alpha value is -0.410. The molecule has 104 valence electrons. The molecular weight excluding hydrogens is 224 g/mol. The Morgan fingerprint density at radius 1 is 1.22 bits per heavy atom. The lowest BCUT2D eigenvalue weighted by atomic mass is 10.0. The number of nitrogens with zero attached hydrogens (tertiary/aromatic N) is 2. The van der Waals surface area contributed by atoms with Gasteiger partial charge in [-0.2, -0.15) is 0 Å². The normalized spacial score (nSPS) is 26.3. The Morgan fingerprint density at radius 2 is 1.94 bits per heavy atom. The summed E-state index contributed by atoms with van der Waals surface area (Å²) in [6, 6.07) is 0.677. The number of likely N-dealkylation sites (N-methyl/N-ethyl adjacent to an activating group) is 2. The van der Waals surface area contributed by atoms with Gasteiger partial charge in [-0.25, -0.2) is 0 Å². The maximum Gasteiger partial charge on any atom is 0.149 e. The van der Waals surface area contributed by atoms with Gasteiger partial charge >= 0.3 is 0 Å². The van der Waals surface area contributed by atoms with Crippen LogP contribution in [0.15, 0.2) is 0 Å². The molecule has 2 fully saturated rings. The second-order valence-electron chi connectivity index (χ2n) is 6.07. The molecule has 1 atom stereocenters. The van der Waals surface area contributed by atoms with E-state index in [0.29, 0.717) is 24.3 Å². The average molecular weight is 252 g/mol. The molecule has 3 heteroatoms. The maximum absolute atomic E-state index is 12.1. The van der Waals surface area contributed by atoms with E-state index in [9.17, 15) is 4.79 Å². The molecule has 0 radical (unpaired) electrons. The van der Waals surface area contributed by atoms with E-state index in [4.69, 9.17) is 0 Å². The molecule has 0 amide bonds. The summed E-state index contributed by atoms with van der Waals surface area (Å²) in [4.78, 5) is 16.9. The second-order valence-corrected chi connectivity index (χ2v) is 6.07. The van der Waals surface area contributed by atoms with Gasteiger partial charge in [0.05, 0.1) is 6.54 Å². The summed E-state index contributed by atoms with van der Waals surface area (Å²) in [7, 11) is 2.11. The van der Waals surface area contributed by atoms with Gasteiger partial charge in [-0.1, -0.05) is 19.8 Å². The highest BCUT2D eigenvalue weighted by atomic mass is 16.1. The predicted octanol–water partition coefficient (Wildman–Crippen LogP) is 2.16. The first-order chi connectivity index (χ1) is 8.70. The number of hydrogen-bond donors (Lipinski definition) is 0. The molecule has 0 bridgehead atoms. The third kappa shape index (κ3) is 3.55. The molecule has 0 aromatic rings. The summed E-state index contributed by atoms with van der Waals surface area (Å²) < 4.78 is 0. The molecule has 1 saturated heterocycles. The van der Waals surface area contributed by atoms with Gasteiger partial charge in [0.1, 0.15) is 5.78 Å². The van der Waals surface area contributed by atoms with Crippen molar-refractivity contribution in [2.75, 3.05) is 33.2 Å². The first kappa shape index (κ1) is 14.0. The number of carbonyl (C=O) groups is 1. The molecule has 1 aliphatic carbocycles. The number of likely N-dealkylation sites (tertiary alicyclic amines) is 1. The number of ketones is 1. The van der Waals surface area contributed by atoms with Gasteiger partial charge < -0.3 is 0 Å². The number of carbonyl (C=O) groups excluding carboxylic acids is 1. The van der Waals surface area contributed by atoms with E-state index in [0.717, 1.165) is 25.9 Å². The lowest BCUT2D eigenvalue weighted by Crippen LogP contribution is -2.41. The zero-order valence-corrected chi connectivity index (χ0v) is 12.0. The predicted molar refractivity (Wildman–Crippen MR) is 74.7 cm³/mol. The number of rotatable bonds is 6. The third-order valence-corrected chi connectivity index (χ3v) is 4.66. The molecule has 2 aliphatic rings. The fourth-order valence-corrected chi connectivity index (χ4v) is 3.59. The van der Waals surface area contributed by atoms with Crippen molar-refractivity contribution in [3.63, 3.8) is 0 Å². The molecule has 0 spiro atoms. The lowest BCUT2D eigenvalue weighted by Gasteiger charge is -2.27. The Morgan fingerprint density at radius 3 is 2.61 bits per heavy atom. The van der Waals surface area contributed by atoms with Crippen molar-refractivity contribution in [1.29, 1.82) is 0 Å². The Kier molecular flexibility index (Phi) is 5.19. The molecule has 1 heterocycles. The van der Waals surface area contributed by atoms with E-state index in [2.05, 4.69) is 23.8 Å². The summed E-state index contributed by atoms with van der Waals surface area (Å²) in [5.41, 5.74) is 0. The van der Waals surface area contributed by atoms with E-state index in [-0.39, 0.29) is 0 Å². The Labute approximate surface area is 112 Å². The van der Waals surface area contributed by atoms with Gasteiger partial charge in [0.2, 0.25) is 0 Å². The third-order valence-electron chi connectivity index (χ3n) is 4.66.